The van der Waals surface area contributed by atoms with Crippen molar-refractivity contribution < 1.29 is 18.6 Å². The average molecular weight is 381 g/mol. The summed E-state index contributed by atoms with van der Waals surface area (Å²) in [6.45, 7) is 0. The second-order valence-electron chi connectivity index (χ2n) is 4.19. The first-order chi connectivity index (χ1) is 10.8. The lowest BCUT2D eigenvalue weighted by Gasteiger charge is -2.03. The molecule has 1 amide bonds. The van der Waals surface area contributed by atoms with Crippen molar-refractivity contribution in [1.82, 2.24) is 5.43 Å². The molecule has 0 saturated heterocycles. The molecule has 5 nitrogen and oxygen atoms in total. The Hall–Kier alpha value is -1.96. The van der Waals surface area contributed by atoms with Gasteiger partial charge in [-0.3, -0.25) is 4.79 Å². The lowest BCUT2D eigenvalue weighted by atomic mass is 10.2. The fraction of sp³-hybridized carbons (Fsp3) is 0. The quantitative estimate of drug-likeness (QED) is 0.487. The van der Waals surface area contributed by atoms with Crippen molar-refractivity contribution in [3.05, 3.63) is 56.3 Å². The number of halogens is 5. The summed E-state index contributed by atoms with van der Waals surface area (Å²) in [6.07, 6.45) is 0.817. The van der Waals surface area contributed by atoms with Crippen molar-refractivity contribution in [3.8, 4) is 0 Å². The van der Waals surface area contributed by atoms with Crippen molar-refractivity contribution in [3.63, 3.8) is 0 Å². The highest BCUT2D eigenvalue weighted by atomic mass is 35.5. The van der Waals surface area contributed by atoms with E-state index in [2.05, 4.69) is 10.1 Å². The van der Waals surface area contributed by atoms with Gasteiger partial charge in [0.1, 0.15) is 21.7 Å². The van der Waals surface area contributed by atoms with Crippen LogP contribution in [-0.4, -0.2) is 12.1 Å². The van der Waals surface area contributed by atoms with Crippen molar-refractivity contribution in [2.24, 2.45) is 5.10 Å². The third kappa shape index (κ3) is 3.69. The highest BCUT2D eigenvalue weighted by Crippen LogP contribution is 2.31. The summed E-state index contributed by atoms with van der Waals surface area (Å²) >= 11 is 17.4. The summed E-state index contributed by atoms with van der Waals surface area (Å²) in [7, 11) is 0. The number of hydrazone groups is 1. The molecule has 23 heavy (non-hydrogen) atoms. The highest BCUT2D eigenvalue weighted by molar-refractivity contribution is 6.45. The van der Waals surface area contributed by atoms with Crippen molar-refractivity contribution in [2.75, 3.05) is 5.73 Å². The summed E-state index contributed by atoms with van der Waals surface area (Å²) < 4.78 is 26.8. The van der Waals surface area contributed by atoms with E-state index in [0.717, 1.165) is 18.3 Å². The van der Waals surface area contributed by atoms with Crippen LogP contribution in [0.1, 0.15) is 16.1 Å². The predicted molar refractivity (Wildman–Crippen MR) is 83.9 cm³/mol. The lowest BCUT2D eigenvalue weighted by Crippen LogP contribution is -2.28. The molecule has 4 N–H and O–H groups in total. The number of aromatic amines is 1. The lowest BCUT2D eigenvalue weighted by molar-refractivity contribution is -0.379. The van der Waals surface area contributed by atoms with Gasteiger partial charge < -0.3 is 5.73 Å². The van der Waals surface area contributed by atoms with E-state index in [-0.39, 0.29) is 26.6 Å². The number of hydrogen-bond donors (Lipinski definition) is 2. The number of hydrogen-bond acceptors (Lipinski definition) is 3. The number of carbonyl (C=O) groups excluding carboxylic acids is 1. The van der Waals surface area contributed by atoms with Gasteiger partial charge in [0.25, 0.3) is 10.8 Å². The number of anilines is 1. The minimum atomic E-state index is -0.827. The van der Waals surface area contributed by atoms with Crippen molar-refractivity contribution in [1.29, 1.82) is 0 Å². The van der Waals surface area contributed by atoms with Crippen molar-refractivity contribution >= 4 is 52.6 Å². The Kier molecular flexibility index (Phi) is 5.35. The van der Waals surface area contributed by atoms with Crippen LogP contribution in [0.25, 0.3) is 0 Å². The topological polar surface area (TPSA) is 81.6 Å². The summed E-state index contributed by atoms with van der Waals surface area (Å²) in [5.41, 5.74) is 6.93. The van der Waals surface area contributed by atoms with Crippen LogP contribution in [0.5, 0.6) is 0 Å². The number of nitrogens with two attached hydrogens (primary N) is 1. The third-order valence-electron chi connectivity index (χ3n) is 2.71. The molecule has 0 fully saturated rings. The number of nitrogens with zero attached hydrogens (tertiary/aromatic N) is 1. The monoisotopic (exact) mass is 379 g/mol. The number of rotatable bonds is 3. The molecule has 2 rings (SSSR count). The maximum absolute atomic E-state index is 13.4. The number of benzene rings is 1. The number of amides is 1. The Balaban J connectivity index is 2.22. The number of pyridine rings is 1. The molecule has 0 unspecified atom stereocenters. The fourth-order valence-electron chi connectivity index (χ4n) is 1.57. The zero-order valence-corrected chi connectivity index (χ0v) is 13.4. The van der Waals surface area contributed by atoms with Gasteiger partial charge in [0.15, 0.2) is 0 Å². The molecular formula is C13H8Cl3F2N4O+. The van der Waals surface area contributed by atoms with Gasteiger partial charge in [-0.05, 0) is 23.7 Å². The van der Waals surface area contributed by atoms with E-state index in [4.69, 9.17) is 40.5 Å². The smallest absolute Gasteiger partial charge is 0.337 e. The van der Waals surface area contributed by atoms with Crippen LogP contribution in [0.4, 0.5) is 14.5 Å². The van der Waals surface area contributed by atoms with E-state index < -0.39 is 23.1 Å². The molecule has 0 bridgehead atoms. The summed E-state index contributed by atoms with van der Waals surface area (Å²) in [6, 6.07) is 3.31. The fourth-order valence-corrected chi connectivity index (χ4v) is 2.18. The van der Waals surface area contributed by atoms with Crippen LogP contribution in [0.15, 0.2) is 23.3 Å². The molecular weight excluding hydrogens is 373 g/mol. The average Bonchev–Trinajstić information content (AvgIpc) is 2.51. The molecule has 1 aromatic heterocycles. The maximum Gasteiger partial charge on any atom is 0.337 e. The molecule has 0 aliphatic rings. The first-order valence-corrected chi connectivity index (χ1v) is 7.09. The summed E-state index contributed by atoms with van der Waals surface area (Å²) in [4.78, 5) is 14.4. The number of nitrogens with one attached hydrogen (secondary N) is 2. The van der Waals surface area contributed by atoms with E-state index >= 15 is 0 Å². The molecule has 0 aliphatic carbocycles. The third-order valence-corrected chi connectivity index (χ3v) is 3.87. The Morgan fingerprint density at radius 2 is 1.83 bits per heavy atom. The Labute approximate surface area is 144 Å². The van der Waals surface area contributed by atoms with E-state index in [9.17, 15) is 13.6 Å². The summed E-state index contributed by atoms with van der Waals surface area (Å²) in [5.74, 6) is -2.48. The van der Waals surface area contributed by atoms with Crippen LogP contribution < -0.4 is 16.1 Å². The maximum atomic E-state index is 13.4. The minimum absolute atomic E-state index is 0.0369. The van der Waals surface area contributed by atoms with Gasteiger partial charge in [0.05, 0.1) is 17.5 Å². The van der Waals surface area contributed by atoms with E-state index in [0.29, 0.717) is 0 Å². The number of nitrogen functional groups attached to an aromatic ring is 1. The first-order valence-electron chi connectivity index (χ1n) is 5.95. The molecule has 10 heteroatoms. The zero-order chi connectivity index (χ0) is 17.1. The number of carbonyl (C=O) groups is 1. The number of H-pyrrole nitrogens is 1. The molecule has 0 radical (unpaired) electrons. The SMILES string of the molecule is Nc1c(Cl)c(Cl)[nH+]c(C(=O)N/N=C\c2c(F)cccc2F)c1Cl. The molecule has 0 saturated carbocycles. The standard InChI is InChI=1S/C13H7Cl3F2N4O/c14-8-10(19)9(15)12(16)21-11(8)13(23)22-20-4-5-6(17)2-1-3-7(5)18/h1-4H,(H2,19,21)(H,22,23)/p+1/b20-4-. The van der Waals surface area contributed by atoms with E-state index in [1.54, 1.807) is 0 Å². The van der Waals surface area contributed by atoms with Gasteiger partial charge in [-0.2, -0.15) is 10.1 Å². The molecule has 2 aromatic rings. The van der Waals surface area contributed by atoms with Crippen molar-refractivity contribution in [2.45, 2.75) is 0 Å². The van der Waals surface area contributed by atoms with Crippen LogP contribution in [0, 0.1) is 11.6 Å². The molecule has 0 aliphatic heterocycles. The minimum Gasteiger partial charge on any atom is -0.396 e. The first kappa shape index (κ1) is 17.4. The second-order valence-corrected chi connectivity index (χ2v) is 5.32. The normalized spacial score (nSPS) is 11.0. The molecule has 0 spiro atoms. The Bertz CT molecular complexity index is 794. The van der Waals surface area contributed by atoms with E-state index in [1.807, 2.05) is 5.43 Å². The van der Waals surface area contributed by atoms with Gasteiger partial charge in [-0.1, -0.05) is 29.3 Å². The van der Waals surface area contributed by atoms with Crippen LogP contribution in [0.2, 0.25) is 15.2 Å². The van der Waals surface area contributed by atoms with Gasteiger partial charge in [0, 0.05) is 0 Å². The number of aromatic nitrogens is 1. The molecule has 120 valence electrons. The summed E-state index contributed by atoms with van der Waals surface area (Å²) in [5, 5.41) is 3.17. The molecule has 0 atom stereocenters. The highest BCUT2D eigenvalue weighted by Gasteiger charge is 2.25. The second kappa shape index (κ2) is 7.08. The van der Waals surface area contributed by atoms with Gasteiger partial charge in [-0.15, -0.1) is 0 Å². The predicted octanol–water partition coefficient (Wildman–Crippen LogP) is 3.09. The van der Waals surface area contributed by atoms with Crippen LogP contribution in [0.3, 0.4) is 0 Å². The zero-order valence-electron chi connectivity index (χ0n) is 11.1. The Morgan fingerprint density at radius 3 is 2.43 bits per heavy atom. The van der Waals surface area contributed by atoms with Crippen LogP contribution >= 0.6 is 34.8 Å². The largest absolute Gasteiger partial charge is 0.396 e. The Morgan fingerprint density at radius 1 is 1.22 bits per heavy atom. The van der Waals surface area contributed by atoms with Gasteiger partial charge in [-0.25, -0.2) is 14.2 Å². The molecule has 1 heterocycles. The van der Waals surface area contributed by atoms with Gasteiger partial charge >= 0.3 is 5.91 Å². The van der Waals surface area contributed by atoms with E-state index in [1.165, 1.54) is 6.07 Å². The molecule has 1 aromatic carbocycles. The van der Waals surface area contributed by atoms with Gasteiger partial charge in [0.2, 0.25) is 0 Å². The van der Waals surface area contributed by atoms with Crippen LogP contribution in [-0.2, 0) is 0 Å².